The van der Waals surface area contributed by atoms with Crippen molar-refractivity contribution in [3.63, 3.8) is 0 Å². The fourth-order valence-corrected chi connectivity index (χ4v) is 3.16. The van der Waals surface area contributed by atoms with Crippen molar-refractivity contribution in [3.8, 4) is 5.75 Å². The van der Waals surface area contributed by atoms with E-state index in [1.807, 2.05) is 19.1 Å². The van der Waals surface area contributed by atoms with Gasteiger partial charge in [-0.15, -0.1) is 0 Å². The fraction of sp³-hybridized carbons (Fsp3) is 0.150. The molecule has 0 saturated carbocycles. The van der Waals surface area contributed by atoms with Crippen LogP contribution in [0.15, 0.2) is 48.0 Å². The first-order chi connectivity index (χ1) is 13.8. The summed E-state index contributed by atoms with van der Waals surface area (Å²) in [4.78, 5) is 37.2. The topological polar surface area (TPSA) is 102 Å². The number of nitro benzene ring substituents is 1. The monoisotopic (exact) mass is 411 g/mol. The van der Waals surface area contributed by atoms with Crippen LogP contribution in [0.1, 0.15) is 18.1 Å². The summed E-state index contributed by atoms with van der Waals surface area (Å²) >= 11 is 5.17. The van der Waals surface area contributed by atoms with E-state index < -0.39 is 16.7 Å². The molecule has 1 aliphatic rings. The van der Waals surface area contributed by atoms with E-state index in [9.17, 15) is 19.7 Å². The van der Waals surface area contributed by atoms with E-state index in [2.05, 4.69) is 5.32 Å². The molecule has 1 fully saturated rings. The number of carbonyl (C=O) groups is 2. The molecular formula is C20H17N3O5S. The molecule has 9 heteroatoms. The number of benzene rings is 2. The van der Waals surface area contributed by atoms with Gasteiger partial charge in [-0.3, -0.25) is 29.9 Å². The lowest BCUT2D eigenvalue weighted by atomic mass is 10.1. The van der Waals surface area contributed by atoms with Gasteiger partial charge in [-0.2, -0.15) is 0 Å². The van der Waals surface area contributed by atoms with Gasteiger partial charge >= 0.3 is 5.69 Å². The number of nitrogens with one attached hydrogen (secondary N) is 1. The Morgan fingerprint density at radius 3 is 2.48 bits per heavy atom. The van der Waals surface area contributed by atoms with Crippen LogP contribution in [0.25, 0.3) is 6.08 Å². The number of amides is 2. The Morgan fingerprint density at radius 1 is 1.21 bits per heavy atom. The number of nitro groups is 1. The van der Waals surface area contributed by atoms with Crippen molar-refractivity contribution in [2.75, 3.05) is 12.0 Å². The summed E-state index contributed by atoms with van der Waals surface area (Å²) in [6.45, 7) is 2.01. The van der Waals surface area contributed by atoms with Crippen molar-refractivity contribution in [3.05, 3.63) is 69.3 Å². The van der Waals surface area contributed by atoms with Crippen LogP contribution in [0.5, 0.6) is 5.75 Å². The minimum atomic E-state index is -0.667. The van der Waals surface area contributed by atoms with Gasteiger partial charge in [0.25, 0.3) is 11.8 Å². The van der Waals surface area contributed by atoms with Crippen LogP contribution in [-0.2, 0) is 16.0 Å². The number of thiocarbonyl (C=S) groups is 1. The first kappa shape index (κ1) is 20.2. The zero-order chi connectivity index (χ0) is 21.1. The summed E-state index contributed by atoms with van der Waals surface area (Å²) in [6, 6.07) is 11.4. The lowest BCUT2D eigenvalue weighted by molar-refractivity contribution is -0.385. The number of aryl methyl sites for hydroxylation is 1. The number of hydrogen-bond acceptors (Lipinski definition) is 6. The van der Waals surface area contributed by atoms with Crippen molar-refractivity contribution < 1.29 is 19.2 Å². The molecule has 1 N–H and O–H groups in total. The molecule has 3 rings (SSSR count). The Balaban J connectivity index is 2.01. The van der Waals surface area contributed by atoms with Gasteiger partial charge in [-0.1, -0.05) is 25.1 Å². The van der Waals surface area contributed by atoms with Crippen molar-refractivity contribution >= 4 is 46.6 Å². The van der Waals surface area contributed by atoms with Gasteiger partial charge in [0.05, 0.1) is 17.7 Å². The Kier molecular flexibility index (Phi) is 5.69. The molecule has 0 aromatic heterocycles. The van der Waals surface area contributed by atoms with E-state index in [1.54, 1.807) is 12.1 Å². The number of carbonyl (C=O) groups excluding carboxylic acids is 2. The molecule has 2 amide bonds. The minimum absolute atomic E-state index is 0.0258. The first-order valence-electron chi connectivity index (χ1n) is 8.68. The maximum atomic E-state index is 13.0. The molecule has 0 bridgehead atoms. The maximum Gasteiger partial charge on any atom is 0.311 e. The van der Waals surface area contributed by atoms with Gasteiger partial charge in [-0.25, -0.2) is 0 Å². The molecule has 148 valence electrons. The molecule has 0 spiro atoms. The quantitative estimate of drug-likeness (QED) is 0.267. The zero-order valence-electron chi connectivity index (χ0n) is 15.7. The summed E-state index contributed by atoms with van der Waals surface area (Å²) in [7, 11) is 1.32. The zero-order valence-corrected chi connectivity index (χ0v) is 16.5. The van der Waals surface area contributed by atoms with E-state index in [0.29, 0.717) is 11.3 Å². The van der Waals surface area contributed by atoms with Gasteiger partial charge in [0, 0.05) is 6.07 Å². The van der Waals surface area contributed by atoms with Crippen molar-refractivity contribution in [2.45, 2.75) is 13.3 Å². The molecule has 0 radical (unpaired) electrons. The van der Waals surface area contributed by atoms with Gasteiger partial charge in [0.1, 0.15) is 5.57 Å². The Morgan fingerprint density at radius 2 is 1.90 bits per heavy atom. The molecule has 0 aliphatic carbocycles. The third-order valence-electron chi connectivity index (χ3n) is 4.42. The number of hydrogen-bond donors (Lipinski definition) is 1. The van der Waals surface area contributed by atoms with E-state index in [4.69, 9.17) is 17.0 Å². The molecule has 1 heterocycles. The largest absolute Gasteiger partial charge is 0.490 e. The smallest absolute Gasteiger partial charge is 0.311 e. The molecular weight excluding hydrogens is 394 g/mol. The number of rotatable bonds is 5. The molecule has 1 aliphatic heterocycles. The van der Waals surface area contributed by atoms with E-state index in [0.717, 1.165) is 12.0 Å². The number of methoxy groups -OCH3 is 1. The van der Waals surface area contributed by atoms with Crippen molar-refractivity contribution in [2.24, 2.45) is 0 Å². The molecule has 2 aromatic carbocycles. The molecule has 0 atom stereocenters. The maximum absolute atomic E-state index is 13.0. The lowest BCUT2D eigenvalue weighted by Crippen LogP contribution is -2.54. The van der Waals surface area contributed by atoms with Crippen LogP contribution in [0.3, 0.4) is 0 Å². The molecule has 2 aromatic rings. The summed E-state index contributed by atoms with van der Waals surface area (Å²) in [6.07, 6.45) is 2.14. The second kappa shape index (κ2) is 8.19. The molecule has 29 heavy (non-hydrogen) atoms. The Labute approximate surface area is 171 Å². The van der Waals surface area contributed by atoms with Crippen LogP contribution >= 0.6 is 12.2 Å². The Bertz CT molecular complexity index is 1050. The highest BCUT2D eigenvalue weighted by Crippen LogP contribution is 2.29. The van der Waals surface area contributed by atoms with Crippen LogP contribution in [-0.4, -0.2) is 29.0 Å². The summed E-state index contributed by atoms with van der Waals surface area (Å²) < 4.78 is 4.97. The van der Waals surface area contributed by atoms with Crippen molar-refractivity contribution in [1.82, 2.24) is 5.32 Å². The fourth-order valence-electron chi connectivity index (χ4n) is 2.88. The summed E-state index contributed by atoms with van der Waals surface area (Å²) in [5.74, 6) is -1.20. The SMILES string of the molecule is CCc1ccc(N2C(=O)C(=Cc3ccc(OC)c([N+](=O)[O-])c3)C(=O)NC2=S)cc1. The highest BCUT2D eigenvalue weighted by atomic mass is 32.1. The summed E-state index contributed by atoms with van der Waals surface area (Å²) in [5.41, 5.74) is 1.47. The summed E-state index contributed by atoms with van der Waals surface area (Å²) in [5, 5.41) is 13.7. The standard InChI is InChI=1S/C20H17N3O5S/c1-3-12-4-7-14(8-5-12)22-19(25)15(18(24)21-20(22)29)10-13-6-9-17(28-2)16(11-13)23(26)27/h4-11H,3H2,1-2H3,(H,21,24,29). The van der Waals surface area contributed by atoms with Crippen LogP contribution < -0.4 is 15.0 Å². The highest BCUT2D eigenvalue weighted by Gasteiger charge is 2.34. The number of ether oxygens (including phenoxy) is 1. The first-order valence-corrected chi connectivity index (χ1v) is 9.09. The van der Waals surface area contributed by atoms with Crippen LogP contribution in [0.4, 0.5) is 11.4 Å². The highest BCUT2D eigenvalue weighted by molar-refractivity contribution is 7.80. The molecule has 0 unspecified atom stereocenters. The third-order valence-corrected chi connectivity index (χ3v) is 4.70. The average Bonchev–Trinajstić information content (AvgIpc) is 2.71. The van der Waals surface area contributed by atoms with Gasteiger partial charge in [0.2, 0.25) is 0 Å². The number of nitrogens with zero attached hydrogens (tertiary/aromatic N) is 2. The predicted molar refractivity (Wildman–Crippen MR) is 112 cm³/mol. The average molecular weight is 411 g/mol. The van der Waals surface area contributed by atoms with E-state index in [-0.39, 0.29) is 22.1 Å². The van der Waals surface area contributed by atoms with Crippen LogP contribution in [0, 0.1) is 10.1 Å². The predicted octanol–water partition coefficient (Wildman–Crippen LogP) is 3.00. The third kappa shape index (κ3) is 3.99. The van der Waals surface area contributed by atoms with E-state index >= 15 is 0 Å². The number of anilines is 1. The van der Waals surface area contributed by atoms with Crippen LogP contribution in [0.2, 0.25) is 0 Å². The minimum Gasteiger partial charge on any atom is -0.490 e. The lowest BCUT2D eigenvalue weighted by Gasteiger charge is -2.29. The van der Waals surface area contributed by atoms with Crippen molar-refractivity contribution in [1.29, 1.82) is 0 Å². The normalized spacial score (nSPS) is 15.4. The second-order valence-corrected chi connectivity index (χ2v) is 6.55. The van der Waals surface area contributed by atoms with E-state index in [1.165, 1.54) is 36.3 Å². The molecule has 1 saturated heterocycles. The van der Waals surface area contributed by atoms with Gasteiger partial charge in [0.15, 0.2) is 10.9 Å². The Hall–Kier alpha value is -3.59. The van der Waals surface area contributed by atoms with Gasteiger partial charge in [-0.05, 0) is 54.0 Å². The second-order valence-electron chi connectivity index (χ2n) is 6.17. The molecule has 8 nitrogen and oxygen atoms in total. The van der Waals surface area contributed by atoms with Gasteiger partial charge < -0.3 is 4.74 Å².